The van der Waals surface area contributed by atoms with E-state index in [9.17, 15) is 19.2 Å². The van der Waals surface area contributed by atoms with Gasteiger partial charge in [0, 0.05) is 57.9 Å². The molecule has 1 saturated heterocycles. The lowest BCUT2D eigenvalue weighted by atomic mass is 10.1. The maximum absolute atomic E-state index is 12.4. The number of hydrogen-bond acceptors (Lipinski definition) is 8. The van der Waals surface area contributed by atoms with Gasteiger partial charge in [0.15, 0.2) is 0 Å². The molecular weight excluding hydrogens is 374 g/mol. The van der Waals surface area contributed by atoms with Crippen LogP contribution in [0.3, 0.4) is 0 Å². The van der Waals surface area contributed by atoms with Crippen LogP contribution in [0.4, 0.5) is 0 Å². The summed E-state index contributed by atoms with van der Waals surface area (Å²) in [6, 6.07) is 0. The number of amides is 1. The molecule has 0 saturated carbocycles. The van der Waals surface area contributed by atoms with Gasteiger partial charge in [-0.05, 0) is 20.8 Å². The molecule has 0 radical (unpaired) electrons. The Morgan fingerprint density at radius 1 is 0.690 bits per heavy atom. The smallest absolute Gasteiger partial charge is 0.234 e. The second-order valence-electron chi connectivity index (χ2n) is 8.48. The fraction of sp³-hybridized carbons (Fsp3) is 0.800. The summed E-state index contributed by atoms with van der Waals surface area (Å²) >= 11 is 0. The van der Waals surface area contributed by atoms with Gasteiger partial charge in [-0.25, -0.2) is 0 Å². The van der Waals surface area contributed by atoms with Gasteiger partial charge < -0.3 is 19.7 Å². The van der Waals surface area contributed by atoms with E-state index >= 15 is 0 Å². The Morgan fingerprint density at radius 3 is 1.28 bits per heavy atom. The average molecular weight is 412 g/mol. The summed E-state index contributed by atoms with van der Waals surface area (Å²) in [4.78, 5) is 53.7. The molecule has 1 amide bonds. The molecule has 1 fully saturated rings. The molecular formula is C20H37N5O4. The van der Waals surface area contributed by atoms with E-state index in [1.165, 1.54) is 0 Å². The van der Waals surface area contributed by atoms with E-state index in [1.54, 1.807) is 0 Å². The number of carbonyl (C=O) groups is 4. The minimum atomic E-state index is -0.293. The second-order valence-corrected chi connectivity index (χ2v) is 8.48. The van der Waals surface area contributed by atoms with Crippen LogP contribution in [0.5, 0.6) is 0 Å². The van der Waals surface area contributed by atoms with Crippen LogP contribution in [-0.4, -0.2) is 128 Å². The summed E-state index contributed by atoms with van der Waals surface area (Å²) in [5.41, 5.74) is -0.293. The number of aldehydes is 3. The molecule has 1 aliphatic heterocycles. The molecule has 0 spiro atoms. The lowest BCUT2D eigenvalue weighted by molar-refractivity contribution is -0.124. The van der Waals surface area contributed by atoms with Crippen molar-refractivity contribution < 1.29 is 19.2 Å². The van der Waals surface area contributed by atoms with Crippen molar-refractivity contribution in [2.75, 3.05) is 78.5 Å². The summed E-state index contributed by atoms with van der Waals surface area (Å²) in [7, 11) is 0. The minimum Gasteiger partial charge on any atom is -0.350 e. The quantitative estimate of drug-likeness (QED) is 0.494. The summed E-state index contributed by atoms with van der Waals surface area (Å²) in [6.07, 6.45) is 2.66. The molecule has 0 atom stereocenters. The topological polar surface area (TPSA) is 93.3 Å². The van der Waals surface area contributed by atoms with E-state index in [0.29, 0.717) is 72.0 Å². The van der Waals surface area contributed by atoms with E-state index in [-0.39, 0.29) is 18.0 Å². The molecule has 29 heavy (non-hydrogen) atoms. The second kappa shape index (κ2) is 13.5. The zero-order valence-electron chi connectivity index (χ0n) is 18.1. The van der Waals surface area contributed by atoms with Gasteiger partial charge in [0.1, 0.15) is 18.9 Å². The van der Waals surface area contributed by atoms with Gasteiger partial charge in [-0.1, -0.05) is 0 Å². The Balaban J connectivity index is 2.83. The van der Waals surface area contributed by atoms with Crippen molar-refractivity contribution >= 4 is 24.8 Å². The first-order chi connectivity index (χ1) is 13.8. The SMILES string of the molecule is CC(C)(C)NC(=O)CN1CCN(CC=O)CCN(CC=O)CCN(CC=O)CC1. The monoisotopic (exact) mass is 411 g/mol. The van der Waals surface area contributed by atoms with Crippen molar-refractivity contribution in [3.8, 4) is 0 Å². The summed E-state index contributed by atoms with van der Waals surface area (Å²) in [5, 5.41) is 2.99. The van der Waals surface area contributed by atoms with Crippen LogP contribution in [0.25, 0.3) is 0 Å². The molecule has 166 valence electrons. The van der Waals surface area contributed by atoms with Crippen LogP contribution >= 0.6 is 0 Å². The zero-order chi connectivity index (χ0) is 21.7. The predicted octanol–water partition coefficient (Wildman–Crippen LogP) is -1.28. The highest BCUT2D eigenvalue weighted by atomic mass is 16.2. The van der Waals surface area contributed by atoms with E-state index < -0.39 is 0 Å². The number of nitrogens with one attached hydrogen (secondary N) is 1. The lowest BCUT2D eigenvalue weighted by Crippen LogP contribution is -2.50. The van der Waals surface area contributed by atoms with Gasteiger partial charge in [-0.15, -0.1) is 0 Å². The van der Waals surface area contributed by atoms with E-state index in [1.807, 2.05) is 35.5 Å². The minimum absolute atomic E-state index is 0.0365. The lowest BCUT2D eigenvalue weighted by Gasteiger charge is -2.33. The highest BCUT2D eigenvalue weighted by Crippen LogP contribution is 2.02. The molecule has 0 aromatic heterocycles. The largest absolute Gasteiger partial charge is 0.350 e. The Bertz CT molecular complexity index is 497. The van der Waals surface area contributed by atoms with Crippen molar-refractivity contribution in [1.82, 2.24) is 24.9 Å². The first kappa shape index (κ1) is 25.4. The van der Waals surface area contributed by atoms with Crippen LogP contribution in [0.2, 0.25) is 0 Å². The molecule has 1 N–H and O–H groups in total. The van der Waals surface area contributed by atoms with Crippen molar-refractivity contribution in [3.63, 3.8) is 0 Å². The van der Waals surface area contributed by atoms with Gasteiger partial charge >= 0.3 is 0 Å². The molecule has 1 rings (SSSR count). The van der Waals surface area contributed by atoms with Gasteiger partial charge in [0.25, 0.3) is 0 Å². The highest BCUT2D eigenvalue weighted by molar-refractivity contribution is 5.78. The van der Waals surface area contributed by atoms with Crippen molar-refractivity contribution in [2.24, 2.45) is 0 Å². The van der Waals surface area contributed by atoms with Crippen LogP contribution in [0.15, 0.2) is 0 Å². The third kappa shape index (κ3) is 11.8. The van der Waals surface area contributed by atoms with Gasteiger partial charge in [-0.2, -0.15) is 0 Å². The van der Waals surface area contributed by atoms with E-state index in [4.69, 9.17) is 0 Å². The summed E-state index contributed by atoms with van der Waals surface area (Å²) in [6.45, 7) is 12.4. The molecule has 9 heteroatoms. The molecule has 0 bridgehead atoms. The number of rotatable bonds is 8. The van der Waals surface area contributed by atoms with Gasteiger partial charge in [0.2, 0.25) is 5.91 Å². The molecule has 0 aromatic carbocycles. The highest BCUT2D eigenvalue weighted by Gasteiger charge is 2.20. The van der Waals surface area contributed by atoms with Crippen LogP contribution < -0.4 is 5.32 Å². The Morgan fingerprint density at radius 2 is 1.00 bits per heavy atom. The van der Waals surface area contributed by atoms with E-state index in [0.717, 1.165) is 18.9 Å². The van der Waals surface area contributed by atoms with Crippen molar-refractivity contribution in [3.05, 3.63) is 0 Å². The number of nitrogens with zero attached hydrogens (tertiary/aromatic N) is 4. The normalized spacial score (nSPS) is 19.7. The maximum atomic E-state index is 12.4. The van der Waals surface area contributed by atoms with Gasteiger partial charge in [0.05, 0.1) is 26.2 Å². The molecule has 0 aliphatic carbocycles. The molecule has 0 unspecified atom stereocenters. The molecule has 1 aliphatic rings. The maximum Gasteiger partial charge on any atom is 0.234 e. The zero-order valence-corrected chi connectivity index (χ0v) is 18.1. The standard InChI is InChI=1S/C20H37N5O4/c1-20(2,3)21-19(29)18-25-10-8-23(13-16-27)6-4-22(12-15-26)5-7-24(9-11-25)14-17-28/h15-17H,4-14,18H2,1-3H3,(H,21,29). The summed E-state index contributed by atoms with van der Waals surface area (Å²) in [5.74, 6) is -0.0365. The molecule has 9 nitrogen and oxygen atoms in total. The third-order valence-electron chi connectivity index (χ3n) is 4.81. The van der Waals surface area contributed by atoms with Crippen LogP contribution in [0, 0.1) is 0 Å². The van der Waals surface area contributed by atoms with Crippen LogP contribution in [-0.2, 0) is 19.2 Å². The Hall–Kier alpha value is -1.68. The number of carbonyl (C=O) groups excluding carboxylic acids is 4. The van der Waals surface area contributed by atoms with E-state index in [2.05, 4.69) is 10.2 Å². The Kier molecular flexibility index (Phi) is 11.8. The first-order valence-corrected chi connectivity index (χ1v) is 10.3. The fourth-order valence-corrected chi connectivity index (χ4v) is 3.26. The average Bonchev–Trinajstić information content (AvgIpc) is 2.62. The predicted molar refractivity (Wildman–Crippen MR) is 112 cm³/mol. The third-order valence-corrected chi connectivity index (χ3v) is 4.81. The van der Waals surface area contributed by atoms with Crippen LogP contribution in [0.1, 0.15) is 20.8 Å². The fourth-order valence-electron chi connectivity index (χ4n) is 3.26. The van der Waals surface area contributed by atoms with Gasteiger partial charge in [-0.3, -0.25) is 24.4 Å². The number of hydrogen-bond donors (Lipinski definition) is 1. The van der Waals surface area contributed by atoms with Crippen molar-refractivity contribution in [1.29, 1.82) is 0 Å². The summed E-state index contributed by atoms with van der Waals surface area (Å²) < 4.78 is 0. The molecule has 0 aromatic rings. The Labute approximate surface area is 174 Å². The molecule has 1 heterocycles. The first-order valence-electron chi connectivity index (χ1n) is 10.3. The van der Waals surface area contributed by atoms with Crippen molar-refractivity contribution in [2.45, 2.75) is 26.3 Å².